The molecule has 0 amide bonds. The third kappa shape index (κ3) is 2.72. The normalized spacial score (nSPS) is 12.8. The first-order chi connectivity index (χ1) is 12.6. The number of nitriles is 1. The number of ketones is 1. The zero-order valence-corrected chi connectivity index (χ0v) is 14.9. The third-order valence-electron chi connectivity index (χ3n) is 5.01. The van der Waals surface area contributed by atoms with Crippen LogP contribution in [-0.4, -0.2) is 25.1 Å². The largest absolute Gasteiger partial charge is 0.318 e. The second-order valence-corrected chi connectivity index (χ2v) is 6.73. The first-order valence-corrected chi connectivity index (χ1v) is 8.70. The summed E-state index contributed by atoms with van der Waals surface area (Å²) in [7, 11) is 0. The fourth-order valence-electron chi connectivity index (χ4n) is 3.79. The van der Waals surface area contributed by atoms with Crippen molar-refractivity contribution in [2.75, 3.05) is 0 Å². The van der Waals surface area contributed by atoms with Gasteiger partial charge in [0.1, 0.15) is 18.9 Å². The molecule has 0 saturated carbocycles. The number of aromatic nitrogens is 4. The summed E-state index contributed by atoms with van der Waals surface area (Å²) in [6, 6.07) is 10.4. The molecule has 1 aliphatic rings. The minimum absolute atomic E-state index is 0.0418. The van der Waals surface area contributed by atoms with Crippen LogP contribution in [0.15, 0.2) is 30.6 Å². The van der Waals surface area contributed by atoms with Gasteiger partial charge in [-0.3, -0.25) is 4.79 Å². The van der Waals surface area contributed by atoms with Crippen molar-refractivity contribution in [2.24, 2.45) is 0 Å². The van der Waals surface area contributed by atoms with Gasteiger partial charge in [-0.05, 0) is 62.4 Å². The van der Waals surface area contributed by atoms with Crippen LogP contribution in [0.4, 0.5) is 0 Å². The highest BCUT2D eigenvalue weighted by Gasteiger charge is 2.19. The van der Waals surface area contributed by atoms with E-state index < -0.39 is 0 Å². The molecule has 26 heavy (non-hydrogen) atoms. The van der Waals surface area contributed by atoms with Crippen molar-refractivity contribution in [1.82, 2.24) is 19.3 Å². The Morgan fingerprint density at radius 2 is 2.04 bits per heavy atom. The number of carbonyl (C=O) groups is 1. The standard InChI is InChI=1S/C20H19N5O/c1-13-8-18(19(26)11-24-12-22-20(10-21)23-24)14(2)25(13)17-7-6-15-4-3-5-16(15)9-17/h6-9,12H,3-5,11H2,1-2H3. The monoisotopic (exact) mass is 345 g/mol. The van der Waals surface area contributed by atoms with E-state index in [1.165, 1.54) is 28.6 Å². The van der Waals surface area contributed by atoms with Gasteiger partial charge in [0.2, 0.25) is 0 Å². The highest BCUT2D eigenvalue weighted by molar-refractivity contribution is 5.97. The Morgan fingerprint density at radius 1 is 1.23 bits per heavy atom. The Hall–Kier alpha value is -3.20. The quantitative estimate of drug-likeness (QED) is 0.681. The highest BCUT2D eigenvalue weighted by Crippen LogP contribution is 2.27. The van der Waals surface area contributed by atoms with Gasteiger partial charge in [-0.15, -0.1) is 5.10 Å². The van der Waals surface area contributed by atoms with E-state index >= 15 is 0 Å². The molecule has 0 aliphatic heterocycles. The molecule has 0 N–H and O–H groups in total. The molecule has 2 heterocycles. The molecule has 0 radical (unpaired) electrons. The number of fused-ring (bicyclic) bond motifs is 1. The van der Waals surface area contributed by atoms with E-state index in [0.717, 1.165) is 29.9 Å². The van der Waals surface area contributed by atoms with Crippen LogP contribution in [0.25, 0.3) is 5.69 Å². The van der Waals surface area contributed by atoms with Crippen LogP contribution < -0.4 is 0 Å². The molecule has 0 atom stereocenters. The van der Waals surface area contributed by atoms with Crippen LogP contribution in [0, 0.1) is 25.2 Å². The molecular weight excluding hydrogens is 326 g/mol. The predicted octanol–water partition coefficient (Wildman–Crippen LogP) is 2.93. The molecule has 4 rings (SSSR count). The molecule has 130 valence electrons. The van der Waals surface area contributed by atoms with Crippen molar-refractivity contribution in [3.63, 3.8) is 0 Å². The van der Waals surface area contributed by atoms with Crippen molar-refractivity contribution >= 4 is 5.78 Å². The number of hydrogen-bond acceptors (Lipinski definition) is 4. The summed E-state index contributed by atoms with van der Waals surface area (Å²) >= 11 is 0. The van der Waals surface area contributed by atoms with E-state index in [9.17, 15) is 4.79 Å². The molecule has 6 heteroatoms. The number of hydrogen-bond donors (Lipinski definition) is 0. The fourth-order valence-corrected chi connectivity index (χ4v) is 3.79. The lowest BCUT2D eigenvalue weighted by atomic mass is 10.1. The van der Waals surface area contributed by atoms with Crippen LogP contribution >= 0.6 is 0 Å². The van der Waals surface area contributed by atoms with Gasteiger partial charge in [-0.25, -0.2) is 9.67 Å². The zero-order chi connectivity index (χ0) is 18.3. The zero-order valence-electron chi connectivity index (χ0n) is 14.9. The van der Waals surface area contributed by atoms with E-state index in [-0.39, 0.29) is 18.2 Å². The summed E-state index contributed by atoms with van der Waals surface area (Å²) in [6.45, 7) is 4.05. The van der Waals surface area contributed by atoms with Crippen LogP contribution in [0.3, 0.4) is 0 Å². The van der Waals surface area contributed by atoms with Crippen LogP contribution in [-0.2, 0) is 19.4 Å². The SMILES string of the molecule is Cc1cc(C(=O)Cn2cnc(C#N)n2)c(C)n1-c1ccc2c(c1)CCC2. The highest BCUT2D eigenvalue weighted by atomic mass is 16.1. The van der Waals surface area contributed by atoms with Crippen LogP contribution in [0.2, 0.25) is 0 Å². The second-order valence-electron chi connectivity index (χ2n) is 6.73. The molecule has 0 bridgehead atoms. The molecule has 1 aliphatic carbocycles. The summed E-state index contributed by atoms with van der Waals surface area (Å²) in [5.41, 5.74) is 6.58. The second kappa shape index (κ2) is 6.26. The maximum atomic E-state index is 12.7. The Kier molecular flexibility index (Phi) is 3.92. The Bertz CT molecular complexity index is 1050. The molecule has 1 aromatic carbocycles. The first kappa shape index (κ1) is 16.3. The Balaban J connectivity index is 1.66. The molecule has 0 saturated heterocycles. The number of carbonyl (C=O) groups excluding carboxylic acids is 1. The average Bonchev–Trinajstić information content (AvgIpc) is 3.33. The summed E-state index contributed by atoms with van der Waals surface area (Å²) in [4.78, 5) is 16.6. The van der Waals surface area contributed by atoms with E-state index in [2.05, 4.69) is 32.8 Å². The van der Waals surface area contributed by atoms with Gasteiger partial charge < -0.3 is 4.57 Å². The van der Waals surface area contributed by atoms with Gasteiger partial charge in [0.15, 0.2) is 5.78 Å². The number of aryl methyl sites for hydroxylation is 3. The molecule has 6 nitrogen and oxygen atoms in total. The van der Waals surface area contributed by atoms with Gasteiger partial charge in [0, 0.05) is 22.6 Å². The predicted molar refractivity (Wildman–Crippen MR) is 96.3 cm³/mol. The minimum atomic E-state index is -0.0418. The van der Waals surface area contributed by atoms with Crippen molar-refractivity contribution in [3.05, 3.63) is 64.5 Å². The summed E-state index contributed by atoms with van der Waals surface area (Å²) in [5, 5.41) is 12.8. The smallest absolute Gasteiger partial charge is 0.252 e. The van der Waals surface area contributed by atoms with E-state index in [4.69, 9.17) is 5.26 Å². The van der Waals surface area contributed by atoms with E-state index in [0.29, 0.717) is 5.56 Å². The molecule has 3 aromatic rings. The molecular formula is C20H19N5O. The maximum absolute atomic E-state index is 12.7. The Morgan fingerprint density at radius 3 is 2.81 bits per heavy atom. The number of Topliss-reactive ketones (excluding diaryl/α,β-unsaturated/α-hetero) is 1. The van der Waals surface area contributed by atoms with Crippen molar-refractivity contribution < 1.29 is 4.79 Å². The van der Waals surface area contributed by atoms with Gasteiger partial charge in [-0.1, -0.05) is 6.07 Å². The Labute approximate surface area is 151 Å². The lowest BCUT2D eigenvalue weighted by Gasteiger charge is -2.12. The lowest BCUT2D eigenvalue weighted by Crippen LogP contribution is -2.12. The third-order valence-corrected chi connectivity index (χ3v) is 5.01. The topological polar surface area (TPSA) is 76.5 Å². The van der Waals surface area contributed by atoms with Crippen LogP contribution in [0.5, 0.6) is 0 Å². The maximum Gasteiger partial charge on any atom is 0.252 e. The molecule has 0 unspecified atom stereocenters. The van der Waals surface area contributed by atoms with Crippen molar-refractivity contribution in [1.29, 1.82) is 5.26 Å². The van der Waals surface area contributed by atoms with Gasteiger partial charge in [0.05, 0.1) is 0 Å². The summed E-state index contributed by atoms with van der Waals surface area (Å²) in [5.74, 6) is 0.0290. The first-order valence-electron chi connectivity index (χ1n) is 8.70. The summed E-state index contributed by atoms with van der Waals surface area (Å²) in [6.07, 6.45) is 4.92. The van der Waals surface area contributed by atoms with E-state index in [1.54, 1.807) is 0 Å². The van der Waals surface area contributed by atoms with Crippen molar-refractivity contribution in [2.45, 2.75) is 39.7 Å². The average molecular weight is 345 g/mol. The molecule has 0 fully saturated rings. The van der Waals surface area contributed by atoms with E-state index in [1.807, 2.05) is 26.0 Å². The fraction of sp³-hybridized carbons (Fsp3) is 0.300. The number of rotatable bonds is 4. The molecule has 2 aromatic heterocycles. The summed E-state index contributed by atoms with van der Waals surface area (Å²) < 4.78 is 3.54. The minimum Gasteiger partial charge on any atom is -0.318 e. The molecule has 0 spiro atoms. The van der Waals surface area contributed by atoms with Gasteiger partial charge in [0.25, 0.3) is 5.82 Å². The number of benzene rings is 1. The number of nitrogens with zero attached hydrogens (tertiary/aromatic N) is 5. The van der Waals surface area contributed by atoms with Crippen molar-refractivity contribution in [3.8, 4) is 11.8 Å². The van der Waals surface area contributed by atoms with Gasteiger partial charge >= 0.3 is 0 Å². The lowest BCUT2D eigenvalue weighted by molar-refractivity contribution is 0.0967. The van der Waals surface area contributed by atoms with Gasteiger partial charge in [-0.2, -0.15) is 5.26 Å². The van der Waals surface area contributed by atoms with Crippen LogP contribution in [0.1, 0.15) is 45.1 Å².